The summed E-state index contributed by atoms with van der Waals surface area (Å²) in [7, 11) is 1.72. The second-order valence-corrected chi connectivity index (χ2v) is 5.72. The summed E-state index contributed by atoms with van der Waals surface area (Å²) in [6.07, 6.45) is 3.24. The summed E-state index contributed by atoms with van der Waals surface area (Å²) < 4.78 is 5.54. The fourth-order valence-electron chi connectivity index (χ4n) is 2.34. The molecule has 0 aliphatic heterocycles. The van der Waals surface area contributed by atoms with E-state index in [4.69, 9.17) is 9.84 Å². The van der Waals surface area contributed by atoms with Crippen LogP contribution in [0.3, 0.4) is 0 Å². The van der Waals surface area contributed by atoms with Crippen molar-refractivity contribution < 1.29 is 14.6 Å². The topological polar surface area (TPSA) is 71.5 Å². The van der Waals surface area contributed by atoms with Gasteiger partial charge in [0.1, 0.15) is 5.82 Å². The molecule has 0 aromatic carbocycles. The SMILES string of the molecule is COC1(CNc2cc(C(=O)O)cc(C(C)C)n2)CCC1. The van der Waals surface area contributed by atoms with Gasteiger partial charge in [-0.3, -0.25) is 0 Å². The molecule has 1 aliphatic carbocycles. The highest BCUT2D eigenvalue weighted by atomic mass is 16.5. The first kappa shape index (κ1) is 14.8. The lowest BCUT2D eigenvalue weighted by atomic mass is 9.80. The van der Waals surface area contributed by atoms with Crippen molar-refractivity contribution in [2.75, 3.05) is 19.0 Å². The Bertz CT molecular complexity index is 490. The average Bonchev–Trinajstić information content (AvgIpc) is 2.37. The summed E-state index contributed by atoms with van der Waals surface area (Å²) in [5, 5.41) is 12.4. The maximum atomic E-state index is 11.2. The number of aromatic nitrogens is 1. The number of aromatic carboxylic acids is 1. The van der Waals surface area contributed by atoms with Gasteiger partial charge in [-0.05, 0) is 37.3 Å². The third-order valence-electron chi connectivity index (χ3n) is 3.97. The highest BCUT2D eigenvalue weighted by Crippen LogP contribution is 2.35. The van der Waals surface area contributed by atoms with Gasteiger partial charge in [0.25, 0.3) is 0 Å². The molecule has 0 spiro atoms. The van der Waals surface area contributed by atoms with Gasteiger partial charge in [0.15, 0.2) is 0 Å². The second-order valence-electron chi connectivity index (χ2n) is 5.72. The van der Waals surface area contributed by atoms with Crippen molar-refractivity contribution in [2.24, 2.45) is 0 Å². The minimum absolute atomic E-state index is 0.112. The number of methoxy groups -OCH3 is 1. The van der Waals surface area contributed by atoms with Crippen LogP contribution in [0.1, 0.15) is 55.1 Å². The maximum Gasteiger partial charge on any atom is 0.335 e. The van der Waals surface area contributed by atoms with E-state index in [0.29, 0.717) is 12.4 Å². The zero-order valence-electron chi connectivity index (χ0n) is 12.3. The fraction of sp³-hybridized carbons (Fsp3) is 0.600. The van der Waals surface area contributed by atoms with Crippen molar-refractivity contribution >= 4 is 11.8 Å². The van der Waals surface area contributed by atoms with Crippen molar-refractivity contribution in [3.63, 3.8) is 0 Å². The van der Waals surface area contributed by atoms with Crippen LogP contribution in [0.4, 0.5) is 5.82 Å². The van der Waals surface area contributed by atoms with E-state index in [9.17, 15) is 4.79 Å². The van der Waals surface area contributed by atoms with Gasteiger partial charge in [0.2, 0.25) is 0 Å². The fourth-order valence-corrected chi connectivity index (χ4v) is 2.34. The number of hydrogen-bond donors (Lipinski definition) is 2. The van der Waals surface area contributed by atoms with Crippen LogP contribution in [-0.4, -0.2) is 35.3 Å². The molecule has 20 heavy (non-hydrogen) atoms. The van der Waals surface area contributed by atoms with Gasteiger partial charge in [0.05, 0.1) is 11.2 Å². The summed E-state index contributed by atoms with van der Waals surface area (Å²) in [4.78, 5) is 15.7. The Balaban J connectivity index is 2.16. The summed E-state index contributed by atoms with van der Waals surface area (Å²) in [5.74, 6) is -0.130. The van der Waals surface area contributed by atoms with Crippen LogP contribution < -0.4 is 5.32 Å². The standard InChI is InChI=1S/C15H22N2O3/c1-10(2)12-7-11(14(18)19)8-13(17-12)16-9-15(20-3)5-4-6-15/h7-8,10H,4-6,9H2,1-3H3,(H,16,17)(H,18,19). The monoisotopic (exact) mass is 278 g/mol. The minimum Gasteiger partial charge on any atom is -0.478 e. The molecule has 5 heteroatoms. The van der Waals surface area contributed by atoms with Crippen molar-refractivity contribution in [2.45, 2.75) is 44.6 Å². The summed E-state index contributed by atoms with van der Waals surface area (Å²) in [6, 6.07) is 3.21. The zero-order valence-corrected chi connectivity index (χ0v) is 12.3. The van der Waals surface area contributed by atoms with E-state index in [0.717, 1.165) is 18.5 Å². The lowest BCUT2D eigenvalue weighted by molar-refractivity contribution is -0.0601. The Morgan fingerprint density at radius 2 is 2.20 bits per heavy atom. The molecule has 1 aliphatic rings. The summed E-state index contributed by atoms with van der Waals surface area (Å²) >= 11 is 0. The first-order valence-corrected chi connectivity index (χ1v) is 7.00. The van der Waals surface area contributed by atoms with Crippen molar-refractivity contribution in [3.8, 4) is 0 Å². The van der Waals surface area contributed by atoms with E-state index < -0.39 is 5.97 Å². The molecule has 0 unspecified atom stereocenters. The van der Waals surface area contributed by atoms with Gasteiger partial charge >= 0.3 is 5.97 Å². The molecular formula is C15H22N2O3. The van der Waals surface area contributed by atoms with Crippen LogP contribution >= 0.6 is 0 Å². The molecule has 0 saturated heterocycles. The van der Waals surface area contributed by atoms with E-state index in [2.05, 4.69) is 10.3 Å². The van der Waals surface area contributed by atoms with Crippen LogP contribution in [0.2, 0.25) is 0 Å². The third kappa shape index (κ3) is 3.10. The van der Waals surface area contributed by atoms with Gasteiger partial charge in [-0.2, -0.15) is 0 Å². The highest BCUT2D eigenvalue weighted by molar-refractivity contribution is 5.88. The van der Waals surface area contributed by atoms with Gasteiger partial charge < -0.3 is 15.2 Å². The van der Waals surface area contributed by atoms with Crippen LogP contribution in [-0.2, 0) is 4.74 Å². The van der Waals surface area contributed by atoms with Crippen molar-refractivity contribution in [1.29, 1.82) is 0 Å². The summed E-state index contributed by atoms with van der Waals surface area (Å²) in [5.41, 5.74) is 0.942. The van der Waals surface area contributed by atoms with Crippen molar-refractivity contribution in [1.82, 2.24) is 4.98 Å². The normalized spacial score (nSPS) is 16.8. The smallest absolute Gasteiger partial charge is 0.335 e. The molecule has 0 amide bonds. The number of ether oxygens (including phenoxy) is 1. The second kappa shape index (κ2) is 5.79. The molecule has 1 saturated carbocycles. The highest BCUT2D eigenvalue weighted by Gasteiger charge is 2.36. The minimum atomic E-state index is -0.928. The molecular weight excluding hydrogens is 256 g/mol. The predicted molar refractivity (Wildman–Crippen MR) is 77.4 cm³/mol. The summed E-state index contributed by atoms with van der Waals surface area (Å²) in [6.45, 7) is 4.66. The van der Waals surface area contributed by atoms with E-state index in [-0.39, 0.29) is 17.1 Å². The third-order valence-corrected chi connectivity index (χ3v) is 3.97. The molecule has 1 aromatic rings. The Kier molecular flexibility index (Phi) is 4.28. The van der Waals surface area contributed by atoms with Crippen LogP contribution in [0.25, 0.3) is 0 Å². The van der Waals surface area contributed by atoms with Gasteiger partial charge in [-0.15, -0.1) is 0 Å². The van der Waals surface area contributed by atoms with E-state index in [1.54, 1.807) is 19.2 Å². The number of carboxylic acid groups (broad SMARTS) is 1. The Labute approximate surface area is 119 Å². The lowest BCUT2D eigenvalue weighted by Gasteiger charge is -2.40. The molecule has 0 bridgehead atoms. The number of nitrogens with one attached hydrogen (secondary N) is 1. The van der Waals surface area contributed by atoms with Crippen LogP contribution in [0, 0.1) is 0 Å². The molecule has 2 N–H and O–H groups in total. The molecule has 1 aromatic heterocycles. The van der Waals surface area contributed by atoms with Crippen LogP contribution in [0.15, 0.2) is 12.1 Å². The quantitative estimate of drug-likeness (QED) is 0.837. The van der Waals surface area contributed by atoms with E-state index >= 15 is 0 Å². The Morgan fingerprint density at radius 1 is 1.50 bits per heavy atom. The predicted octanol–water partition coefficient (Wildman–Crippen LogP) is 2.88. The molecule has 2 rings (SSSR count). The molecule has 1 fully saturated rings. The molecule has 1 heterocycles. The van der Waals surface area contributed by atoms with Gasteiger partial charge in [-0.1, -0.05) is 13.8 Å². The van der Waals surface area contributed by atoms with Gasteiger partial charge in [-0.25, -0.2) is 9.78 Å². The number of anilines is 1. The molecule has 110 valence electrons. The Morgan fingerprint density at radius 3 is 2.65 bits per heavy atom. The Hall–Kier alpha value is -1.62. The van der Waals surface area contributed by atoms with Gasteiger partial charge in [0, 0.05) is 19.3 Å². The van der Waals surface area contributed by atoms with E-state index in [1.807, 2.05) is 13.8 Å². The number of carboxylic acids is 1. The first-order valence-electron chi connectivity index (χ1n) is 7.00. The van der Waals surface area contributed by atoms with Crippen molar-refractivity contribution in [3.05, 3.63) is 23.4 Å². The number of carbonyl (C=O) groups is 1. The first-order chi connectivity index (χ1) is 9.46. The number of nitrogens with zero attached hydrogens (tertiary/aromatic N) is 1. The zero-order chi connectivity index (χ0) is 14.8. The number of rotatable bonds is 6. The average molecular weight is 278 g/mol. The number of hydrogen-bond acceptors (Lipinski definition) is 4. The molecule has 0 atom stereocenters. The maximum absolute atomic E-state index is 11.2. The van der Waals surface area contributed by atoms with Crippen LogP contribution in [0.5, 0.6) is 0 Å². The largest absolute Gasteiger partial charge is 0.478 e. The number of pyridine rings is 1. The lowest BCUT2D eigenvalue weighted by Crippen LogP contribution is -2.45. The molecule has 5 nitrogen and oxygen atoms in total. The molecule has 0 radical (unpaired) electrons. The van der Waals surface area contributed by atoms with E-state index in [1.165, 1.54) is 6.42 Å².